The normalized spacial score (nSPS) is 15.2. The van der Waals surface area contributed by atoms with E-state index in [2.05, 4.69) is 11.8 Å². The Kier molecular flexibility index (Phi) is 3.44. The van der Waals surface area contributed by atoms with Crippen molar-refractivity contribution < 1.29 is 4.39 Å². The molecule has 1 aliphatic rings. The largest absolute Gasteiger partial charge is 0.369 e. The lowest BCUT2D eigenvalue weighted by atomic mass is 10.1. The van der Waals surface area contributed by atoms with Crippen LogP contribution in [0.15, 0.2) is 18.2 Å². The maximum Gasteiger partial charge on any atom is 0.128 e. The third kappa shape index (κ3) is 2.19. The molecule has 88 valence electrons. The molecule has 0 unspecified atom stereocenters. The van der Waals surface area contributed by atoms with Gasteiger partial charge in [-0.25, -0.2) is 4.39 Å². The van der Waals surface area contributed by atoms with Gasteiger partial charge in [0.15, 0.2) is 0 Å². The van der Waals surface area contributed by atoms with Gasteiger partial charge in [0.2, 0.25) is 0 Å². The lowest BCUT2D eigenvalue weighted by molar-refractivity contribution is 0.607. The van der Waals surface area contributed by atoms with Gasteiger partial charge in [-0.1, -0.05) is 6.07 Å². The molecule has 2 nitrogen and oxygen atoms in total. The van der Waals surface area contributed by atoms with Crippen molar-refractivity contribution in [2.45, 2.75) is 32.2 Å². The second kappa shape index (κ2) is 4.83. The van der Waals surface area contributed by atoms with Gasteiger partial charge < -0.3 is 10.6 Å². The van der Waals surface area contributed by atoms with E-state index in [1.54, 1.807) is 6.07 Å². The highest BCUT2D eigenvalue weighted by atomic mass is 19.1. The van der Waals surface area contributed by atoms with Gasteiger partial charge in [-0.3, -0.25) is 0 Å². The number of nitrogens with two attached hydrogens (primary N) is 1. The summed E-state index contributed by atoms with van der Waals surface area (Å²) in [6, 6.07) is 5.93. The molecular weight excluding hydrogens is 203 g/mol. The summed E-state index contributed by atoms with van der Waals surface area (Å²) in [6.07, 6.45) is 3.07. The van der Waals surface area contributed by atoms with Crippen molar-refractivity contribution in [3.8, 4) is 0 Å². The highest BCUT2D eigenvalue weighted by molar-refractivity contribution is 5.56. The molecule has 2 N–H and O–H groups in total. The van der Waals surface area contributed by atoms with Crippen molar-refractivity contribution in [3.05, 3.63) is 29.6 Å². The van der Waals surface area contributed by atoms with E-state index in [1.165, 1.54) is 18.9 Å². The van der Waals surface area contributed by atoms with Crippen molar-refractivity contribution in [3.63, 3.8) is 0 Å². The fraction of sp³-hybridized carbons (Fsp3) is 0.538. The lowest BCUT2D eigenvalue weighted by Gasteiger charge is -2.25. The highest BCUT2D eigenvalue weighted by Crippen LogP contribution is 2.34. The van der Waals surface area contributed by atoms with Gasteiger partial charge in [0.1, 0.15) is 5.82 Å². The molecule has 0 spiro atoms. The maximum atomic E-state index is 13.7. The number of rotatable bonds is 5. The summed E-state index contributed by atoms with van der Waals surface area (Å²) in [4.78, 5) is 2.30. The lowest BCUT2D eigenvalue weighted by Crippen LogP contribution is -2.27. The van der Waals surface area contributed by atoms with E-state index in [0.29, 0.717) is 19.0 Å². The van der Waals surface area contributed by atoms with Gasteiger partial charge in [-0.15, -0.1) is 0 Å². The fourth-order valence-electron chi connectivity index (χ4n) is 2.22. The predicted octanol–water partition coefficient (Wildman–Crippen LogP) is 2.32. The van der Waals surface area contributed by atoms with Crippen molar-refractivity contribution in [1.29, 1.82) is 0 Å². The molecule has 0 bridgehead atoms. The summed E-state index contributed by atoms with van der Waals surface area (Å²) in [6.45, 7) is 3.55. The average molecular weight is 222 g/mol. The summed E-state index contributed by atoms with van der Waals surface area (Å²) in [5.74, 6) is -0.123. The molecule has 1 saturated carbocycles. The zero-order valence-corrected chi connectivity index (χ0v) is 9.75. The van der Waals surface area contributed by atoms with E-state index in [4.69, 9.17) is 5.73 Å². The van der Waals surface area contributed by atoms with Gasteiger partial charge >= 0.3 is 0 Å². The number of benzene rings is 1. The quantitative estimate of drug-likeness (QED) is 0.828. The maximum absolute atomic E-state index is 13.7. The van der Waals surface area contributed by atoms with Crippen LogP contribution in [0.25, 0.3) is 0 Å². The topological polar surface area (TPSA) is 29.3 Å². The first-order valence-corrected chi connectivity index (χ1v) is 6.02. The Morgan fingerprint density at radius 1 is 1.44 bits per heavy atom. The van der Waals surface area contributed by atoms with E-state index in [0.717, 1.165) is 17.8 Å². The highest BCUT2D eigenvalue weighted by Gasteiger charge is 2.29. The Balaban J connectivity index is 2.33. The molecule has 1 aromatic rings. The van der Waals surface area contributed by atoms with Crippen molar-refractivity contribution in [2.24, 2.45) is 5.73 Å². The monoisotopic (exact) mass is 222 g/mol. The van der Waals surface area contributed by atoms with Crippen LogP contribution < -0.4 is 10.6 Å². The molecule has 0 atom stereocenters. The van der Waals surface area contributed by atoms with E-state index >= 15 is 0 Å². The van der Waals surface area contributed by atoms with Crippen LogP contribution in [0, 0.1) is 5.82 Å². The number of anilines is 1. The standard InChI is InChI=1S/C13H19FN2/c1-2-16(10-6-7-10)13-5-3-4-12(14)11(13)8-9-15/h3-5,10H,2,6-9,15H2,1H3. The molecule has 0 aliphatic heterocycles. The Bertz CT molecular complexity index is 361. The number of hydrogen-bond acceptors (Lipinski definition) is 2. The summed E-state index contributed by atoms with van der Waals surface area (Å²) >= 11 is 0. The third-order valence-electron chi connectivity index (χ3n) is 3.13. The second-order valence-electron chi connectivity index (χ2n) is 4.29. The molecule has 0 saturated heterocycles. The van der Waals surface area contributed by atoms with E-state index in [1.807, 2.05) is 6.07 Å². The predicted molar refractivity (Wildman–Crippen MR) is 65.2 cm³/mol. The smallest absolute Gasteiger partial charge is 0.128 e. The summed E-state index contributed by atoms with van der Waals surface area (Å²) in [5.41, 5.74) is 7.36. The Hall–Kier alpha value is -1.09. The van der Waals surface area contributed by atoms with Crippen LogP contribution in [0.5, 0.6) is 0 Å². The first-order chi connectivity index (χ1) is 7.77. The van der Waals surface area contributed by atoms with Crippen molar-refractivity contribution in [1.82, 2.24) is 0 Å². The zero-order valence-electron chi connectivity index (χ0n) is 9.75. The minimum Gasteiger partial charge on any atom is -0.369 e. The average Bonchev–Trinajstić information content (AvgIpc) is 3.08. The van der Waals surface area contributed by atoms with Crippen LogP contribution in [0.2, 0.25) is 0 Å². The van der Waals surface area contributed by atoms with E-state index < -0.39 is 0 Å². The molecule has 1 fully saturated rings. The van der Waals surface area contributed by atoms with Crippen LogP contribution in [-0.4, -0.2) is 19.1 Å². The van der Waals surface area contributed by atoms with Crippen LogP contribution in [-0.2, 0) is 6.42 Å². The SMILES string of the molecule is CCN(c1cccc(F)c1CCN)C1CC1. The van der Waals surface area contributed by atoms with Crippen molar-refractivity contribution >= 4 is 5.69 Å². The zero-order chi connectivity index (χ0) is 11.5. The van der Waals surface area contributed by atoms with Crippen molar-refractivity contribution in [2.75, 3.05) is 18.0 Å². The molecule has 1 aliphatic carbocycles. The fourth-order valence-corrected chi connectivity index (χ4v) is 2.22. The molecule has 0 amide bonds. The molecule has 3 heteroatoms. The molecule has 1 aromatic carbocycles. The molecule has 16 heavy (non-hydrogen) atoms. The van der Waals surface area contributed by atoms with Gasteiger partial charge in [0, 0.05) is 23.8 Å². The molecule has 0 heterocycles. The molecule has 0 radical (unpaired) electrons. The number of halogens is 1. The van der Waals surface area contributed by atoms with Crippen LogP contribution in [0.4, 0.5) is 10.1 Å². The minimum absolute atomic E-state index is 0.123. The Labute approximate surface area is 96.2 Å². The Morgan fingerprint density at radius 3 is 2.75 bits per heavy atom. The van der Waals surface area contributed by atoms with Crippen LogP contribution >= 0.6 is 0 Å². The second-order valence-corrected chi connectivity index (χ2v) is 4.29. The summed E-state index contributed by atoms with van der Waals surface area (Å²) in [5, 5.41) is 0. The van der Waals surface area contributed by atoms with Crippen LogP contribution in [0.1, 0.15) is 25.3 Å². The van der Waals surface area contributed by atoms with Crippen LogP contribution in [0.3, 0.4) is 0 Å². The number of nitrogens with zero attached hydrogens (tertiary/aromatic N) is 1. The van der Waals surface area contributed by atoms with Gasteiger partial charge in [0.05, 0.1) is 0 Å². The number of hydrogen-bond donors (Lipinski definition) is 1. The van der Waals surface area contributed by atoms with Gasteiger partial charge in [0.25, 0.3) is 0 Å². The third-order valence-corrected chi connectivity index (χ3v) is 3.13. The first-order valence-electron chi connectivity index (χ1n) is 6.02. The van der Waals surface area contributed by atoms with Gasteiger partial charge in [-0.2, -0.15) is 0 Å². The van der Waals surface area contributed by atoms with Gasteiger partial charge in [-0.05, 0) is 44.9 Å². The molecular formula is C13H19FN2. The molecule has 0 aromatic heterocycles. The molecule has 2 rings (SSSR count). The van der Waals surface area contributed by atoms with E-state index in [-0.39, 0.29) is 5.82 Å². The minimum atomic E-state index is -0.123. The summed E-state index contributed by atoms with van der Waals surface area (Å²) < 4.78 is 13.7. The van der Waals surface area contributed by atoms with E-state index in [9.17, 15) is 4.39 Å². The Morgan fingerprint density at radius 2 is 2.19 bits per heavy atom. The first kappa shape index (κ1) is 11.4. The summed E-state index contributed by atoms with van der Waals surface area (Å²) in [7, 11) is 0.